The predicted octanol–water partition coefficient (Wildman–Crippen LogP) is 1.29. The standard InChI is InChI=1S/C13H19N5/c1-3-11-10(7-8-14)12(4-2)18(17-11)13-6-5-9-15-16-13/h5-6,9H,3-4,7-8,14H2,1-2H3. The Morgan fingerprint density at radius 1 is 1.28 bits per heavy atom. The quantitative estimate of drug-likeness (QED) is 0.861. The van der Waals surface area contributed by atoms with Crippen LogP contribution >= 0.6 is 0 Å². The second kappa shape index (κ2) is 5.73. The first-order chi connectivity index (χ1) is 8.81. The molecule has 2 rings (SSSR count). The molecule has 2 aromatic heterocycles. The summed E-state index contributed by atoms with van der Waals surface area (Å²) in [5, 5.41) is 12.7. The van der Waals surface area contributed by atoms with Gasteiger partial charge in [-0.25, -0.2) is 4.68 Å². The van der Waals surface area contributed by atoms with Crippen molar-refractivity contribution in [2.45, 2.75) is 33.1 Å². The lowest BCUT2D eigenvalue weighted by Crippen LogP contribution is -2.08. The molecule has 0 saturated heterocycles. The van der Waals surface area contributed by atoms with Gasteiger partial charge in [-0.2, -0.15) is 10.2 Å². The molecule has 2 N–H and O–H groups in total. The first-order valence-corrected chi connectivity index (χ1v) is 6.39. The fourth-order valence-electron chi connectivity index (χ4n) is 2.21. The molecule has 2 heterocycles. The van der Waals surface area contributed by atoms with Gasteiger partial charge >= 0.3 is 0 Å². The molecule has 0 aliphatic rings. The Kier molecular flexibility index (Phi) is 4.04. The minimum Gasteiger partial charge on any atom is -0.330 e. The van der Waals surface area contributed by atoms with Crippen LogP contribution < -0.4 is 5.73 Å². The van der Waals surface area contributed by atoms with E-state index in [1.54, 1.807) is 6.20 Å². The Bertz CT molecular complexity index is 504. The lowest BCUT2D eigenvalue weighted by molar-refractivity contribution is 0.752. The number of aromatic nitrogens is 4. The molecule has 0 bridgehead atoms. The van der Waals surface area contributed by atoms with E-state index in [-0.39, 0.29) is 0 Å². The molecule has 0 atom stereocenters. The average molecular weight is 245 g/mol. The van der Waals surface area contributed by atoms with Gasteiger partial charge in [-0.05, 0) is 43.5 Å². The fourth-order valence-corrected chi connectivity index (χ4v) is 2.21. The molecule has 0 spiro atoms. The van der Waals surface area contributed by atoms with Crippen molar-refractivity contribution >= 4 is 0 Å². The maximum absolute atomic E-state index is 5.69. The first-order valence-electron chi connectivity index (χ1n) is 6.39. The van der Waals surface area contributed by atoms with E-state index in [1.807, 2.05) is 16.8 Å². The molecule has 0 radical (unpaired) electrons. The number of nitrogens with zero attached hydrogens (tertiary/aromatic N) is 4. The fraction of sp³-hybridized carbons (Fsp3) is 0.462. The molecule has 0 unspecified atom stereocenters. The zero-order valence-electron chi connectivity index (χ0n) is 10.9. The molecule has 0 amide bonds. The minimum atomic E-state index is 0.645. The van der Waals surface area contributed by atoms with E-state index in [4.69, 9.17) is 5.73 Å². The van der Waals surface area contributed by atoms with Crippen molar-refractivity contribution in [2.75, 3.05) is 6.54 Å². The predicted molar refractivity (Wildman–Crippen MR) is 70.7 cm³/mol. The normalized spacial score (nSPS) is 10.8. The van der Waals surface area contributed by atoms with Crippen LogP contribution in [0.3, 0.4) is 0 Å². The average Bonchev–Trinajstić information content (AvgIpc) is 2.78. The molecule has 5 heteroatoms. The van der Waals surface area contributed by atoms with Crippen LogP contribution in [-0.4, -0.2) is 26.5 Å². The van der Waals surface area contributed by atoms with E-state index < -0.39 is 0 Å². The Balaban J connectivity index is 2.54. The van der Waals surface area contributed by atoms with Gasteiger partial charge < -0.3 is 5.73 Å². The van der Waals surface area contributed by atoms with E-state index in [0.717, 1.165) is 30.8 Å². The van der Waals surface area contributed by atoms with Gasteiger partial charge in [0.05, 0.1) is 5.69 Å². The van der Waals surface area contributed by atoms with Crippen molar-refractivity contribution in [3.05, 3.63) is 35.3 Å². The van der Waals surface area contributed by atoms with E-state index in [0.29, 0.717) is 6.54 Å². The third kappa shape index (κ3) is 2.26. The van der Waals surface area contributed by atoms with Crippen molar-refractivity contribution in [1.82, 2.24) is 20.0 Å². The van der Waals surface area contributed by atoms with Crippen LogP contribution in [-0.2, 0) is 19.3 Å². The van der Waals surface area contributed by atoms with Gasteiger partial charge in [0, 0.05) is 11.9 Å². The van der Waals surface area contributed by atoms with E-state index in [9.17, 15) is 0 Å². The molecule has 0 saturated carbocycles. The van der Waals surface area contributed by atoms with Gasteiger partial charge in [0.1, 0.15) is 0 Å². The summed E-state index contributed by atoms with van der Waals surface area (Å²) >= 11 is 0. The highest BCUT2D eigenvalue weighted by Crippen LogP contribution is 2.19. The number of hydrogen-bond donors (Lipinski definition) is 1. The molecule has 0 aromatic carbocycles. The SMILES string of the molecule is CCc1nn(-c2cccnn2)c(CC)c1CCN. The van der Waals surface area contributed by atoms with Crippen LogP contribution in [0, 0.1) is 0 Å². The number of nitrogens with two attached hydrogens (primary N) is 1. The summed E-state index contributed by atoms with van der Waals surface area (Å²) in [7, 11) is 0. The lowest BCUT2D eigenvalue weighted by Gasteiger charge is -2.05. The van der Waals surface area contributed by atoms with Crippen molar-refractivity contribution in [2.24, 2.45) is 5.73 Å². The monoisotopic (exact) mass is 245 g/mol. The summed E-state index contributed by atoms with van der Waals surface area (Å²) < 4.78 is 1.90. The Labute approximate surface area is 107 Å². The maximum atomic E-state index is 5.69. The Hall–Kier alpha value is -1.75. The molecule has 18 heavy (non-hydrogen) atoms. The third-order valence-electron chi connectivity index (χ3n) is 3.01. The van der Waals surface area contributed by atoms with Crippen LogP contribution in [0.15, 0.2) is 18.3 Å². The van der Waals surface area contributed by atoms with Crippen molar-refractivity contribution < 1.29 is 0 Å². The van der Waals surface area contributed by atoms with Crippen LogP contribution in [0.2, 0.25) is 0 Å². The zero-order valence-corrected chi connectivity index (χ0v) is 10.9. The smallest absolute Gasteiger partial charge is 0.175 e. The Morgan fingerprint density at radius 2 is 2.11 bits per heavy atom. The van der Waals surface area contributed by atoms with Gasteiger partial charge in [-0.15, -0.1) is 5.10 Å². The second-order valence-corrected chi connectivity index (χ2v) is 4.11. The molecule has 96 valence electrons. The summed E-state index contributed by atoms with van der Waals surface area (Å²) in [6.45, 7) is 4.89. The molecule has 0 fully saturated rings. The van der Waals surface area contributed by atoms with E-state index in [2.05, 4.69) is 29.1 Å². The van der Waals surface area contributed by atoms with Gasteiger partial charge in [-0.1, -0.05) is 13.8 Å². The largest absolute Gasteiger partial charge is 0.330 e. The van der Waals surface area contributed by atoms with Crippen molar-refractivity contribution in [3.8, 4) is 5.82 Å². The molecule has 5 nitrogen and oxygen atoms in total. The number of aryl methyl sites for hydroxylation is 1. The minimum absolute atomic E-state index is 0.645. The van der Waals surface area contributed by atoms with Gasteiger partial charge in [0.2, 0.25) is 0 Å². The Morgan fingerprint density at radius 3 is 2.67 bits per heavy atom. The van der Waals surface area contributed by atoms with E-state index >= 15 is 0 Å². The molecular formula is C13H19N5. The molecule has 0 aliphatic carbocycles. The highest BCUT2D eigenvalue weighted by Gasteiger charge is 2.16. The van der Waals surface area contributed by atoms with Crippen LogP contribution in [0.5, 0.6) is 0 Å². The van der Waals surface area contributed by atoms with Gasteiger partial charge in [-0.3, -0.25) is 0 Å². The lowest BCUT2D eigenvalue weighted by atomic mass is 10.1. The summed E-state index contributed by atoms with van der Waals surface area (Å²) in [4.78, 5) is 0. The van der Waals surface area contributed by atoms with Crippen LogP contribution in [0.1, 0.15) is 30.8 Å². The maximum Gasteiger partial charge on any atom is 0.175 e. The summed E-state index contributed by atoms with van der Waals surface area (Å²) in [6, 6.07) is 3.79. The van der Waals surface area contributed by atoms with Crippen molar-refractivity contribution in [3.63, 3.8) is 0 Å². The summed E-state index contributed by atoms with van der Waals surface area (Å²) in [5.41, 5.74) is 9.27. The highest BCUT2D eigenvalue weighted by atomic mass is 15.3. The number of hydrogen-bond acceptors (Lipinski definition) is 4. The van der Waals surface area contributed by atoms with E-state index in [1.165, 1.54) is 11.3 Å². The van der Waals surface area contributed by atoms with Crippen molar-refractivity contribution in [1.29, 1.82) is 0 Å². The van der Waals surface area contributed by atoms with Crippen LogP contribution in [0.25, 0.3) is 5.82 Å². The topological polar surface area (TPSA) is 69.6 Å². The molecule has 2 aromatic rings. The zero-order chi connectivity index (χ0) is 13.0. The van der Waals surface area contributed by atoms with Gasteiger partial charge in [0.25, 0.3) is 0 Å². The molecule has 0 aliphatic heterocycles. The second-order valence-electron chi connectivity index (χ2n) is 4.11. The third-order valence-corrected chi connectivity index (χ3v) is 3.01. The number of rotatable bonds is 5. The highest BCUT2D eigenvalue weighted by molar-refractivity contribution is 5.33. The first kappa shape index (κ1) is 12.7. The summed E-state index contributed by atoms with van der Waals surface area (Å²) in [5.74, 6) is 0.771. The summed E-state index contributed by atoms with van der Waals surface area (Å²) in [6.07, 6.45) is 4.36. The molecular weight excluding hydrogens is 226 g/mol. The van der Waals surface area contributed by atoms with Gasteiger partial charge in [0.15, 0.2) is 5.82 Å². The van der Waals surface area contributed by atoms with Crippen LogP contribution in [0.4, 0.5) is 0 Å².